The standard InChI is InChI=1S/C12H17BrN2O3S/c1-12(2,5-3-10(16)17)15-11(18)14-7-9-8(13)4-6-19-9/h4,6H,3,5,7H2,1-2H3,(H,16,17)(H2,14,15,18). The third kappa shape index (κ3) is 6.07. The number of carbonyl (C=O) groups excluding carboxylic acids is 1. The van der Waals surface area contributed by atoms with E-state index in [0.29, 0.717) is 13.0 Å². The predicted molar refractivity (Wildman–Crippen MR) is 78.3 cm³/mol. The summed E-state index contributed by atoms with van der Waals surface area (Å²) in [5.41, 5.74) is -0.546. The topological polar surface area (TPSA) is 78.4 Å². The monoisotopic (exact) mass is 348 g/mol. The fraction of sp³-hybridized carbons (Fsp3) is 0.500. The van der Waals surface area contributed by atoms with Crippen LogP contribution in [-0.2, 0) is 11.3 Å². The number of amides is 2. The molecule has 0 aliphatic heterocycles. The molecule has 3 N–H and O–H groups in total. The van der Waals surface area contributed by atoms with Crippen molar-refractivity contribution in [3.63, 3.8) is 0 Å². The van der Waals surface area contributed by atoms with Crippen LogP contribution in [0.2, 0.25) is 0 Å². The molecule has 0 saturated carbocycles. The summed E-state index contributed by atoms with van der Waals surface area (Å²) in [7, 11) is 0. The fourth-order valence-corrected chi connectivity index (χ4v) is 2.88. The number of rotatable bonds is 6. The van der Waals surface area contributed by atoms with Gasteiger partial charge in [-0.05, 0) is 47.6 Å². The van der Waals surface area contributed by atoms with Gasteiger partial charge in [-0.25, -0.2) is 4.79 Å². The molecule has 19 heavy (non-hydrogen) atoms. The molecule has 0 saturated heterocycles. The first-order valence-electron chi connectivity index (χ1n) is 5.80. The first-order valence-corrected chi connectivity index (χ1v) is 7.47. The lowest BCUT2D eigenvalue weighted by molar-refractivity contribution is -0.137. The third-order valence-electron chi connectivity index (χ3n) is 2.52. The van der Waals surface area contributed by atoms with Crippen LogP contribution < -0.4 is 10.6 Å². The van der Waals surface area contributed by atoms with E-state index in [9.17, 15) is 9.59 Å². The highest BCUT2D eigenvalue weighted by Gasteiger charge is 2.21. The fourth-order valence-electron chi connectivity index (χ4n) is 1.45. The van der Waals surface area contributed by atoms with Crippen molar-refractivity contribution >= 4 is 39.3 Å². The van der Waals surface area contributed by atoms with Gasteiger partial charge in [0.25, 0.3) is 0 Å². The van der Waals surface area contributed by atoms with Crippen molar-refractivity contribution in [2.24, 2.45) is 0 Å². The largest absolute Gasteiger partial charge is 0.481 e. The van der Waals surface area contributed by atoms with Crippen molar-refractivity contribution in [1.82, 2.24) is 10.6 Å². The summed E-state index contributed by atoms with van der Waals surface area (Å²) in [5.74, 6) is -0.863. The number of carbonyl (C=O) groups is 2. The first kappa shape index (κ1) is 16.0. The zero-order valence-electron chi connectivity index (χ0n) is 10.8. The lowest BCUT2D eigenvalue weighted by atomic mass is 9.99. The highest BCUT2D eigenvalue weighted by molar-refractivity contribution is 9.10. The van der Waals surface area contributed by atoms with Crippen LogP contribution in [-0.4, -0.2) is 22.6 Å². The van der Waals surface area contributed by atoms with E-state index in [0.717, 1.165) is 9.35 Å². The summed E-state index contributed by atoms with van der Waals surface area (Å²) in [6.07, 6.45) is 0.419. The number of urea groups is 1. The zero-order chi connectivity index (χ0) is 14.5. The van der Waals surface area contributed by atoms with Crippen LogP contribution in [0.1, 0.15) is 31.6 Å². The molecule has 1 rings (SSSR count). The number of nitrogens with one attached hydrogen (secondary N) is 2. The smallest absolute Gasteiger partial charge is 0.315 e. The molecule has 2 amide bonds. The predicted octanol–water partition coefficient (Wildman–Crippen LogP) is 2.95. The van der Waals surface area contributed by atoms with Crippen LogP contribution in [0.25, 0.3) is 0 Å². The van der Waals surface area contributed by atoms with E-state index in [1.54, 1.807) is 25.2 Å². The van der Waals surface area contributed by atoms with E-state index in [-0.39, 0.29) is 12.5 Å². The van der Waals surface area contributed by atoms with Gasteiger partial charge in [0.05, 0.1) is 6.54 Å². The average molecular weight is 349 g/mol. The van der Waals surface area contributed by atoms with E-state index < -0.39 is 11.5 Å². The van der Waals surface area contributed by atoms with Gasteiger partial charge < -0.3 is 15.7 Å². The van der Waals surface area contributed by atoms with Gasteiger partial charge >= 0.3 is 12.0 Å². The lowest BCUT2D eigenvalue weighted by Gasteiger charge is -2.25. The number of carboxylic acid groups (broad SMARTS) is 1. The molecule has 1 aromatic rings. The number of halogens is 1. The molecule has 0 aliphatic rings. The maximum Gasteiger partial charge on any atom is 0.315 e. The molecule has 106 valence electrons. The summed E-state index contributed by atoms with van der Waals surface area (Å²) >= 11 is 4.95. The van der Waals surface area contributed by atoms with Crippen LogP contribution in [0.15, 0.2) is 15.9 Å². The summed E-state index contributed by atoms with van der Waals surface area (Å²) in [6.45, 7) is 4.05. The molecular formula is C12H17BrN2O3S. The van der Waals surface area contributed by atoms with Gasteiger partial charge in [0.15, 0.2) is 0 Å². The molecule has 1 aromatic heterocycles. The molecule has 7 heteroatoms. The highest BCUT2D eigenvalue weighted by atomic mass is 79.9. The Morgan fingerprint density at radius 1 is 1.47 bits per heavy atom. The van der Waals surface area contributed by atoms with Gasteiger partial charge in [-0.3, -0.25) is 4.79 Å². The lowest BCUT2D eigenvalue weighted by Crippen LogP contribution is -2.48. The number of thiophene rings is 1. The molecule has 0 atom stereocenters. The minimum absolute atomic E-state index is 0.0315. The van der Waals surface area contributed by atoms with E-state index in [4.69, 9.17) is 5.11 Å². The van der Waals surface area contributed by atoms with Crippen molar-refractivity contribution in [2.75, 3.05) is 0 Å². The third-order valence-corrected chi connectivity index (χ3v) is 4.44. The minimum atomic E-state index is -0.863. The summed E-state index contributed by atoms with van der Waals surface area (Å²) in [6, 6.07) is 1.63. The Morgan fingerprint density at radius 2 is 2.16 bits per heavy atom. The van der Waals surface area contributed by atoms with Crippen LogP contribution in [0, 0.1) is 0 Å². The van der Waals surface area contributed by atoms with Gasteiger partial charge in [0, 0.05) is 21.3 Å². The number of aliphatic carboxylic acids is 1. The highest BCUT2D eigenvalue weighted by Crippen LogP contribution is 2.22. The van der Waals surface area contributed by atoms with E-state index in [1.807, 2.05) is 11.4 Å². The Morgan fingerprint density at radius 3 is 2.68 bits per heavy atom. The number of hydrogen-bond donors (Lipinski definition) is 3. The summed E-state index contributed by atoms with van der Waals surface area (Å²) in [5, 5.41) is 16.1. The van der Waals surface area contributed by atoms with E-state index >= 15 is 0 Å². The van der Waals surface area contributed by atoms with Crippen LogP contribution in [0.4, 0.5) is 4.79 Å². The van der Waals surface area contributed by atoms with Gasteiger partial charge in [-0.15, -0.1) is 11.3 Å². The summed E-state index contributed by atoms with van der Waals surface area (Å²) < 4.78 is 0.975. The second kappa shape index (κ2) is 6.91. The molecular weight excluding hydrogens is 332 g/mol. The van der Waals surface area contributed by atoms with Gasteiger partial charge in [-0.1, -0.05) is 0 Å². The Hall–Kier alpha value is -1.08. The molecule has 1 heterocycles. The van der Waals surface area contributed by atoms with Crippen molar-refractivity contribution < 1.29 is 14.7 Å². The zero-order valence-corrected chi connectivity index (χ0v) is 13.2. The molecule has 0 spiro atoms. The van der Waals surface area contributed by atoms with Crippen molar-refractivity contribution in [1.29, 1.82) is 0 Å². The quantitative estimate of drug-likeness (QED) is 0.739. The summed E-state index contributed by atoms with van der Waals surface area (Å²) in [4.78, 5) is 23.3. The number of hydrogen-bond acceptors (Lipinski definition) is 3. The van der Waals surface area contributed by atoms with E-state index in [2.05, 4.69) is 26.6 Å². The second-order valence-electron chi connectivity index (χ2n) is 4.78. The maximum absolute atomic E-state index is 11.7. The molecule has 0 fully saturated rings. The second-order valence-corrected chi connectivity index (χ2v) is 6.63. The SMILES string of the molecule is CC(C)(CCC(=O)O)NC(=O)NCc1sccc1Br. The minimum Gasteiger partial charge on any atom is -0.481 e. The number of carboxylic acids is 1. The van der Waals surface area contributed by atoms with E-state index in [1.165, 1.54) is 0 Å². The van der Waals surface area contributed by atoms with Crippen LogP contribution in [0.5, 0.6) is 0 Å². The Labute approximate surface area is 124 Å². The van der Waals surface area contributed by atoms with Gasteiger partial charge in [0.2, 0.25) is 0 Å². The molecule has 0 radical (unpaired) electrons. The van der Waals surface area contributed by atoms with Crippen molar-refractivity contribution in [3.8, 4) is 0 Å². The van der Waals surface area contributed by atoms with Crippen LogP contribution >= 0.6 is 27.3 Å². The molecule has 0 bridgehead atoms. The van der Waals surface area contributed by atoms with Crippen LogP contribution in [0.3, 0.4) is 0 Å². The molecule has 0 unspecified atom stereocenters. The molecule has 0 aliphatic carbocycles. The first-order chi connectivity index (χ1) is 8.80. The Balaban J connectivity index is 2.38. The molecule has 5 nitrogen and oxygen atoms in total. The van der Waals surface area contributed by atoms with Crippen molar-refractivity contribution in [3.05, 3.63) is 20.8 Å². The maximum atomic E-state index is 11.7. The van der Waals surface area contributed by atoms with Gasteiger partial charge in [-0.2, -0.15) is 0 Å². The molecule has 0 aromatic carbocycles. The Bertz CT molecular complexity index is 460. The normalized spacial score (nSPS) is 11.1. The average Bonchev–Trinajstić information content (AvgIpc) is 2.69. The Kier molecular flexibility index (Phi) is 5.81. The van der Waals surface area contributed by atoms with Crippen molar-refractivity contribution in [2.45, 2.75) is 38.8 Å². The van der Waals surface area contributed by atoms with Gasteiger partial charge in [0.1, 0.15) is 0 Å².